The normalized spacial score (nSPS) is 17.6. The van der Waals surface area contributed by atoms with Gasteiger partial charge in [0.2, 0.25) is 11.8 Å². The first kappa shape index (κ1) is 26.2. The van der Waals surface area contributed by atoms with Crippen LogP contribution in [0, 0.1) is 0 Å². The molecule has 0 spiro atoms. The number of rotatable bonds is 9. The number of carbonyl (C=O) groups excluding carboxylic acids is 3. The molecular formula is C26H30ClN3O5S. The molecule has 8 nitrogen and oxygen atoms in total. The fraction of sp³-hybridized carbons (Fsp3) is 0.423. The Morgan fingerprint density at radius 2 is 1.78 bits per heavy atom. The Morgan fingerprint density at radius 1 is 1.11 bits per heavy atom. The fourth-order valence-corrected chi connectivity index (χ4v) is 6.56. The van der Waals surface area contributed by atoms with Gasteiger partial charge >= 0.3 is 0 Å². The van der Waals surface area contributed by atoms with E-state index in [0.717, 1.165) is 30.0 Å². The Balaban J connectivity index is 1.44. The zero-order chi connectivity index (χ0) is 25.9. The third-order valence-corrected chi connectivity index (χ3v) is 9.04. The van der Waals surface area contributed by atoms with E-state index < -0.39 is 22.0 Å². The highest BCUT2D eigenvalue weighted by molar-refractivity contribution is 7.90. The molecule has 1 heterocycles. The van der Waals surface area contributed by atoms with Crippen molar-refractivity contribution in [1.29, 1.82) is 0 Å². The van der Waals surface area contributed by atoms with Gasteiger partial charge in [-0.2, -0.15) is 0 Å². The van der Waals surface area contributed by atoms with Crippen LogP contribution in [0.4, 0.5) is 0 Å². The van der Waals surface area contributed by atoms with Crippen molar-refractivity contribution in [2.24, 2.45) is 0 Å². The van der Waals surface area contributed by atoms with E-state index in [9.17, 15) is 22.8 Å². The van der Waals surface area contributed by atoms with Crippen molar-refractivity contribution < 1.29 is 22.8 Å². The number of carbonyl (C=O) groups is 3. The van der Waals surface area contributed by atoms with Crippen LogP contribution in [0.2, 0.25) is 5.02 Å². The van der Waals surface area contributed by atoms with Gasteiger partial charge in [0.1, 0.15) is 10.9 Å². The third-order valence-electron chi connectivity index (χ3n) is 6.83. The highest BCUT2D eigenvalue weighted by Gasteiger charge is 2.40. The molecule has 2 aliphatic rings. The fourth-order valence-electron chi connectivity index (χ4n) is 4.75. The van der Waals surface area contributed by atoms with Gasteiger partial charge in [-0.1, -0.05) is 54.8 Å². The van der Waals surface area contributed by atoms with E-state index in [4.69, 9.17) is 11.6 Å². The van der Waals surface area contributed by atoms with Crippen LogP contribution in [0.15, 0.2) is 53.4 Å². The average Bonchev–Trinajstić information content (AvgIpc) is 3.44. The maximum absolute atomic E-state index is 13.3. The second-order valence-electron chi connectivity index (χ2n) is 9.26. The SMILES string of the molecule is C[C@H](C(=O)NC1CCCC1)N(Cc1ccccc1Cl)C(=O)CCCN1C(=O)c2ccccc2S1(=O)=O. The van der Waals surface area contributed by atoms with Crippen LogP contribution in [-0.4, -0.2) is 54.0 Å². The highest BCUT2D eigenvalue weighted by Crippen LogP contribution is 2.30. The summed E-state index contributed by atoms with van der Waals surface area (Å²) in [5.41, 5.74) is 0.849. The second-order valence-corrected chi connectivity index (χ2v) is 11.5. The third kappa shape index (κ3) is 5.42. The quantitative estimate of drug-likeness (QED) is 0.531. The summed E-state index contributed by atoms with van der Waals surface area (Å²) in [7, 11) is -3.93. The van der Waals surface area contributed by atoms with E-state index in [0.29, 0.717) is 10.6 Å². The Hall–Kier alpha value is -2.91. The molecule has 0 saturated heterocycles. The minimum Gasteiger partial charge on any atom is -0.352 e. The maximum atomic E-state index is 13.3. The summed E-state index contributed by atoms with van der Waals surface area (Å²) in [6.45, 7) is 1.71. The van der Waals surface area contributed by atoms with E-state index in [1.54, 1.807) is 37.3 Å². The summed E-state index contributed by atoms with van der Waals surface area (Å²) in [6, 6.07) is 12.6. The molecule has 0 radical (unpaired) electrons. The molecule has 36 heavy (non-hydrogen) atoms. The smallest absolute Gasteiger partial charge is 0.269 e. The van der Waals surface area contributed by atoms with Crippen molar-refractivity contribution >= 4 is 39.3 Å². The zero-order valence-corrected chi connectivity index (χ0v) is 21.7. The lowest BCUT2D eigenvalue weighted by molar-refractivity contribution is -0.141. The predicted molar refractivity (Wildman–Crippen MR) is 136 cm³/mol. The molecule has 1 aliphatic carbocycles. The number of hydrogen-bond acceptors (Lipinski definition) is 5. The van der Waals surface area contributed by atoms with Gasteiger partial charge in [0.05, 0.1) is 5.56 Å². The standard InChI is InChI=1S/C26H30ClN3O5S/c1-18(25(32)28-20-10-3-4-11-20)29(17-19-9-2-6-13-22(19)27)24(31)15-8-16-30-26(33)21-12-5-7-14-23(21)36(30,34)35/h2,5-7,9,12-14,18,20H,3-4,8,10-11,15-17H2,1H3,(H,28,32)/t18-/m1/s1. The molecule has 1 saturated carbocycles. The predicted octanol–water partition coefficient (Wildman–Crippen LogP) is 3.74. The number of benzene rings is 2. The molecule has 0 aromatic heterocycles. The first-order valence-electron chi connectivity index (χ1n) is 12.2. The van der Waals surface area contributed by atoms with Gasteiger partial charge in [-0.05, 0) is 49.9 Å². The van der Waals surface area contributed by atoms with Crippen molar-refractivity contribution in [3.8, 4) is 0 Å². The number of nitrogens with zero attached hydrogens (tertiary/aromatic N) is 2. The molecule has 192 valence electrons. The minimum atomic E-state index is -3.93. The molecule has 1 N–H and O–H groups in total. The Morgan fingerprint density at radius 3 is 2.47 bits per heavy atom. The summed E-state index contributed by atoms with van der Waals surface area (Å²) < 4.78 is 26.4. The summed E-state index contributed by atoms with van der Waals surface area (Å²) in [5, 5.41) is 3.53. The van der Waals surface area contributed by atoms with Gasteiger partial charge in [-0.25, -0.2) is 12.7 Å². The van der Waals surface area contributed by atoms with E-state index >= 15 is 0 Å². The molecule has 0 bridgehead atoms. The molecule has 10 heteroatoms. The number of sulfonamides is 1. The van der Waals surface area contributed by atoms with Crippen LogP contribution < -0.4 is 5.32 Å². The maximum Gasteiger partial charge on any atom is 0.269 e. The molecule has 3 amide bonds. The number of halogens is 1. The summed E-state index contributed by atoms with van der Waals surface area (Å²) >= 11 is 6.33. The Kier molecular flexibility index (Phi) is 8.00. The van der Waals surface area contributed by atoms with Crippen LogP contribution in [0.3, 0.4) is 0 Å². The number of amides is 3. The van der Waals surface area contributed by atoms with E-state index in [2.05, 4.69) is 5.32 Å². The van der Waals surface area contributed by atoms with E-state index in [1.165, 1.54) is 17.0 Å². The van der Waals surface area contributed by atoms with Crippen molar-refractivity contribution in [1.82, 2.24) is 14.5 Å². The highest BCUT2D eigenvalue weighted by atomic mass is 35.5. The summed E-state index contributed by atoms with van der Waals surface area (Å²) in [5.74, 6) is -1.13. The molecule has 2 aromatic carbocycles. The van der Waals surface area contributed by atoms with Crippen LogP contribution >= 0.6 is 11.6 Å². The second kappa shape index (κ2) is 11.0. The van der Waals surface area contributed by atoms with Crippen LogP contribution in [0.5, 0.6) is 0 Å². The van der Waals surface area contributed by atoms with Crippen molar-refractivity contribution in [2.75, 3.05) is 6.54 Å². The number of nitrogens with one attached hydrogen (secondary N) is 1. The number of fused-ring (bicyclic) bond motifs is 1. The average molecular weight is 532 g/mol. The molecule has 0 unspecified atom stereocenters. The Labute approximate surface area is 216 Å². The summed E-state index contributed by atoms with van der Waals surface area (Å²) in [6.07, 6.45) is 4.11. The van der Waals surface area contributed by atoms with Crippen molar-refractivity contribution in [2.45, 2.75) is 69.0 Å². The van der Waals surface area contributed by atoms with Gasteiger partial charge in [0, 0.05) is 30.6 Å². The lowest BCUT2D eigenvalue weighted by Crippen LogP contribution is -2.49. The number of hydrogen-bond donors (Lipinski definition) is 1. The molecule has 1 atom stereocenters. The van der Waals surface area contributed by atoms with Crippen LogP contribution in [-0.2, 0) is 26.2 Å². The zero-order valence-electron chi connectivity index (χ0n) is 20.2. The van der Waals surface area contributed by atoms with Crippen molar-refractivity contribution in [3.05, 3.63) is 64.7 Å². The summed E-state index contributed by atoms with van der Waals surface area (Å²) in [4.78, 5) is 40.4. The monoisotopic (exact) mass is 531 g/mol. The molecule has 2 aromatic rings. The lowest BCUT2D eigenvalue weighted by Gasteiger charge is -2.30. The van der Waals surface area contributed by atoms with E-state index in [1.807, 2.05) is 6.07 Å². The largest absolute Gasteiger partial charge is 0.352 e. The topological polar surface area (TPSA) is 104 Å². The first-order valence-corrected chi connectivity index (χ1v) is 14.0. The van der Waals surface area contributed by atoms with Crippen LogP contribution in [0.1, 0.15) is 61.4 Å². The van der Waals surface area contributed by atoms with Gasteiger partial charge in [0.25, 0.3) is 15.9 Å². The van der Waals surface area contributed by atoms with Gasteiger partial charge in [-0.15, -0.1) is 0 Å². The van der Waals surface area contributed by atoms with Gasteiger partial charge in [0.15, 0.2) is 0 Å². The molecular weight excluding hydrogens is 502 g/mol. The van der Waals surface area contributed by atoms with Gasteiger partial charge in [-0.3, -0.25) is 14.4 Å². The molecule has 1 aliphatic heterocycles. The lowest BCUT2D eigenvalue weighted by atomic mass is 10.1. The molecule has 4 rings (SSSR count). The van der Waals surface area contributed by atoms with Gasteiger partial charge < -0.3 is 10.2 Å². The van der Waals surface area contributed by atoms with E-state index in [-0.39, 0.29) is 54.2 Å². The molecule has 1 fully saturated rings. The Bertz CT molecular complexity index is 1260. The first-order chi connectivity index (χ1) is 17.2. The van der Waals surface area contributed by atoms with Crippen LogP contribution in [0.25, 0.3) is 0 Å². The van der Waals surface area contributed by atoms with Crippen molar-refractivity contribution in [3.63, 3.8) is 0 Å². The minimum absolute atomic E-state index is 0.0149.